The van der Waals surface area contributed by atoms with Crippen LogP contribution in [0.3, 0.4) is 0 Å². The van der Waals surface area contributed by atoms with Crippen LogP contribution in [0.15, 0.2) is 0 Å². The van der Waals surface area contributed by atoms with E-state index in [1.54, 1.807) is 0 Å². The molecule has 82 valence electrons. The maximum Gasteiger partial charge on any atom is 0.319 e. The van der Waals surface area contributed by atoms with E-state index in [0.29, 0.717) is 12.6 Å². The van der Waals surface area contributed by atoms with Crippen molar-refractivity contribution >= 4 is 5.97 Å². The van der Waals surface area contributed by atoms with Crippen molar-refractivity contribution in [3.63, 3.8) is 0 Å². The van der Waals surface area contributed by atoms with Gasteiger partial charge >= 0.3 is 5.97 Å². The molecule has 1 rings (SSSR count). The van der Waals surface area contributed by atoms with E-state index >= 15 is 0 Å². The molecule has 1 N–H and O–H groups in total. The Bertz CT molecular complexity index is 176. The second kappa shape index (κ2) is 6.02. The molecule has 1 unspecified atom stereocenters. The first-order valence-electron chi connectivity index (χ1n) is 5.54. The zero-order chi connectivity index (χ0) is 10.4. The Labute approximate surface area is 86.2 Å². The fourth-order valence-corrected chi connectivity index (χ4v) is 2.12. The van der Waals surface area contributed by atoms with Crippen LogP contribution in [0, 0.1) is 5.92 Å². The average molecular weight is 199 g/mol. The Morgan fingerprint density at radius 3 is 2.64 bits per heavy atom. The van der Waals surface area contributed by atoms with Crippen molar-refractivity contribution in [2.45, 2.75) is 45.1 Å². The Morgan fingerprint density at radius 1 is 1.43 bits per heavy atom. The highest BCUT2D eigenvalue weighted by molar-refractivity contribution is 5.71. The molecule has 3 nitrogen and oxygen atoms in total. The van der Waals surface area contributed by atoms with Gasteiger partial charge in [-0.05, 0) is 25.7 Å². The van der Waals surface area contributed by atoms with Gasteiger partial charge in [0.25, 0.3) is 0 Å². The van der Waals surface area contributed by atoms with Crippen molar-refractivity contribution in [1.29, 1.82) is 0 Å². The minimum Gasteiger partial charge on any atom is -0.468 e. The predicted molar refractivity (Wildman–Crippen MR) is 56.1 cm³/mol. The summed E-state index contributed by atoms with van der Waals surface area (Å²) in [7, 11) is 1.43. The first-order chi connectivity index (χ1) is 6.74. The number of hydrogen-bond acceptors (Lipinski definition) is 3. The van der Waals surface area contributed by atoms with Crippen LogP contribution >= 0.6 is 0 Å². The smallest absolute Gasteiger partial charge is 0.319 e. The number of carbonyl (C=O) groups is 1. The Hall–Kier alpha value is -0.570. The summed E-state index contributed by atoms with van der Waals surface area (Å²) in [6.07, 6.45) is 6.66. The van der Waals surface area contributed by atoms with Gasteiger partial charge in [-0.3, -0.25) is 4.79 Å². The van der Waals surface area contributed by atoms with Crippen LogP contribution < -0.4 is 5.32 Å². The van der Waals surface area contributed by atoms with E-state index < -0.39 is 0 Å². The Balaban J connectivity index is 2.19. The van der Waals surface area contributed by atoms with Crippen molar-refractivity contribution in [3.05, 3.63) is 0 Å². The van der Waals surface area contributed by atoms with Crippen LogP contribution in [0.1, 0.15) is 39.0 Å². The monoisotopic (exact) mass is 199 g/mol. The van der Waals surface area contributed by atoms with E-state index in [9.17, 15) is 4.79 Å². The molecule has 0 aromatic heterocycles. The molecule has 0 aliphatic heterocycles. The van der Waals surface area contributed by atoms with Crippen molar-refractivity contribution < 1.29 is 9.53 Å². The van der Waals surface area contributed by atoms with Crippen molar-refractivity contribution in [3.8, 4) is 0 Å². The quantitative estimate of drug-likeness (QED) is 0.701. The van der Waals surface area contributed by atoms with Crippen LogP contribution in [0.2, 0.25) is 0 Å². The third-order valence-corrected chi connectivity index (χ3v) is 3.15. The topological polar surface area (TPSA) is 38.3 Å². The average Bonchev–Trinajstić information content (AvgIpc) is 2.26. The molecule has 0 bridgehead atoms. The molecule has 0 heterocycles. The summed E-state index contributed by atoms with van der Waals surface area (Å²) in [5.41, 5.74) is 0. The number of nitrogens with one attached hydrogen (secondary N) is 1. The standard InChI is InChI=1S/C11H21NO2/c1-9(12-8-11(13)14-2)10-6-4-3-5-7-10/h9-10,12H,3-8H2,1-2H3. The number of carbonyl (C=O) groups excluding carboxylic acids is 1. The number of rotatable bonds is 4. The van der Waals surface area contributed by atoms with E-state index in [4.69, 9.17) is 0 Å². The summed E-state index contributed by atoms with van der Waals surface area (Å²) in [4.78, 5) is 10.9. The molecule has 0 saturated heterocycles. The third-order valence-electron chi connectivity index (χ3n) is 3.15. The normalized spacial score (nSPS) is 20.4. The van der Waals surface area contributed by atoms with Gasteiger partial charge in [0, 0.05) is 6.04 Å². The molecule has 0 amide bonds. The summed E-state index contributed by atoms with van der Waals surface area (Å²) < 4.78 is 4.59. The Kier molecular flexibility index (Phi) is 4.94. The van der Waals surface area contributed by atoms with Gasteiger partial charge in [-0.1, -0.05) is 19.3 Å². The predicted octanol–water partition coefficient (Wildman–Crippen LogP) is 1.72. The van der Waals surface area contributed by atoms with Crippen molar-refractivity contribution in [2.24, 2.45) is 5.92 Å². The minimum absolute atomic E-state index is 0.173. The molecule has 1 aliphatic carbocycles. The second-order valence-corrected chi connectivity index (χ2v) is 4.14. The Morgan fingerprint density at radius 2 is 2.07 bits per heavy atom. The van der Waals surface area contributed by atoms with E-state index in [2.05, 4.69) is 17.0 Å². The number of ether oxygens (including phenoxy) is 1. The molecule has 0 aromatic carbocycles. The van der Waals surface area contributed by atoms with Gasteiger partial charge < -0.3 is 10.1 Å². The van der Waals surface area contributed by atoms with Gasteiger partial charge in [-0.25, -0.2) is 0 Å². The van der Waals surface area contributed by atoms with Gasteiger partial charge in [-0.15, -0.1) is 0 Å². The highest BCUT2D eigenvalue weighted by atomic mass is 16.5. The molecule has 1 saturated carbocycles. The lowest BCUT2D eigenvalue weighted by Gasteiger charge is -2.28. The fourth-order valence-electron chi connectivity index (χ4n) is 2.12. The summed E-state index contributed by atoms with van der Waals surface area (Å²) in [5.74, 6) is 0.570. The molecular weight excluding hydrogens is 178 g/mol. The lowest BCUT2D eigenvalue weighted by molar-refractivity contribution is -0.139. The van der Waals surface area contributed by atoms with Crippen LogP contribution in [-0.2, 0) is 9.53 Å². The lowest BCUT2D eigenvalue weighted by Crippen LogP contribution is -2.38. The maximum atomic E-state index is 10.9. The molecule has 3 heteroatoms. The maximum absolute atomic E-state index is 10.9. The van der Waals surface area contributed by atoms with Crippen molar-refractivity contribution in [1.82, 2.24) is 5.32 Å². The second-order valence-electron chi connectivity index (χ2n) is 4.14. The molecule has 14 heavy (non-hydrogen) atoms. The molecule has 0 spiro atoms. The zero-order valence-corrected chi connectivity index (χ0v) is 9.21. The summed E-state index contributed by atoms with van der Waals surface area (Å²) in [5, 5.41) is 3.23. The third kappa shape index (κ3) is 3.66. The summed E-state index contributed by atoms with van der Waals surface area (Å²) >= 11 is 0. The first-order valence-corrected chi connectivity index (χ1v) is 5.54. The van der Waals surface area contributed by atoms with Gasteiger partial charge in [-0.2, -0.15) is 0 Å². The highest BCUT2D eigenvalue weighted by Crippen LogP contribution is 2.26. The summed E-state index contributed by atoms with van der Waals surface area (Å²) in [6.45, 7) is 2.51. The lowest BCUT2D eigenvalue weighted by atomic mass is 9.84. The molecule has 1 fully saturated rings. The molecule has 1 aliphatic rings. The molecular formula is C11H21NO2. The van der Waals surface area contributed by atoms with Gasteiger partial charge in [0.2, 0.25) is 0 Å². The summed E-state index contributed by atoms with van der Waals surface area (Å²) in [6, 6.07) is 0.439. The largest absolute Gasteiger partial charge is 0.468 e. The van der Waals surface area contributed by atoms with E-state index in [0.717, 1.165) is 5.92 Å². The minimum atomic E-state index is -0.173. The highest BCUT2D eigenvalue weighted by Gasteiger charge is 2.19. The van der Waals surface area contributed by atoms with E-state index in [-0.39, 0.29) is 5.97 Å². The van der Waals surface area contributed by atoms with Crippen LogP contribution in [0.5, 0.6) is 0 Å². The van der Waals surface area contributed by atoms with Crippen LogP contribution in [-0.4, -0.2) is 25.7 Å². The SMILES string of the molecule is COC(=O)CNC(C)C1CCCCC1. The van der Waals surface area contributed by atoms with Crippen LogP contribution in [0.4, 0.5) is 0 Å². The van der Waals surface area contributed by atoms with Gasteiger partial charge in [0.1, 0.15) is 0 Å². The molecule has 0 aromatic rings. The van der Waals surface area contributed by atoms with Crippen LogP contribution in [0.25, 0.3) is 0 Å². The van der Waals surface area contributed by atoms with Gasteiger partial charge in [0.05, 0.1) is 13.7 Å². The van der Waals surface area contributed by atoms with E-state index in [1.807, 2.05) is 0 Å². The fraction of sp³-hybridized carbons (Fsp3) is 0.909. The number of methoxy groups -OCH3 is 1. The molecule has 0 radical (unpaired) electrons. The van der Waals surface area contributed by atoms with E-state index in [1.165, 1.54) is 39.2 Å². The number of esters is 1. The zero-order valence-electron chi connectivity index (χ0n) is 9.21. The van der Waals surface area contributed by atoms with Crippen molar-refractivity contribution in [2.75, 3.05) is 13.7 Å². The first kappa shape index (κ1) is 11.5. The van der Waals surface area contributed by atoms with Gasteiger partial charge in [0.15, 0.2) is 0 Å². The number of hydrogen-bond donors (Lipinski definition) is 1. The molecule has 1 atom stereocenters.